The predicted octanol–water partition coefficient (Wildman–Crippen LogP) is 4.83. The number of hydrogen-bond acceptors (Lipinski definition) is 3. The number of aliphatic hydroxyl groups is 2. The van der Waals surface area contributed by atoms with Gasteiger partial charge in [0, 0.05) is 0 Å². The van der Waals surface area contributed by atoms with Gasteiger partial charge >= 0.3 is 0 Å². The van der Waals surface area contributed by atoms with Gasteiger partial charge in [0.15, 0.2) is 0 Å². The third kappa shape index (κ3) is 18.4. The minimum atomic E-state index is -0.770. The highest BCUT2D eigenvalue weighted by Gasteiger charge is 2.18. The van der Waals surface area contributed by atoms with Crippen LogP contribution in [0.15, 0.2) is 0 Å². The van der Waals surface area contributed by atoms with E-state index in [1.54, 1.807) is 0 Å². The Hall–Kier alpha value is -0.160. The van der Waals surface area contributed by atoms with Crippen LogP contribution in [-0.2, 0) is 4.84 Å². The summed E-state index contributed by atoms with van der Waals surface area (Å²) in [5.41, 5.74) is 0. The average molecular weight is 361 g/mol. The molecule has 25 heavy (non-hydrogen) atoms. The third-order valence-corrected chi connectivity index (χ3v) is 4.88. The number of nitrogens with zero attached hydrogens (tertiary/aromatic N) is 1. The topological polar surface area (TPSA) is 49.7 Å². The normalized spacial score (nSPS) is 13.3. The summed E-state index contributed by atoms with van der Waals surface area (Å²) >= 11 is 0. The Morgan fingerprint density at radius 2 is 1.12 bits per heavy atom. The number of unbranched alkanes of at least 4 members (excludes halogenated alkanes) is 13. The highest BCUT2D eigenvalue weighted by atomic mass is 16.7. The molecular weight excluding hydrogens is 314 g/mol. The summed E-state index contributed by atoms with van der Waals surface area (Å²) in [6.45, 7) is 3.19. The van der Waals surface area contributed by atoms with Gasteiger partial charge in [0.1, 0.15) is 19.3 Å². The lowest BCUT2D eigenvalue weighted by atomic mass is 10.0. The lowest BCUT2D eigenvalue weighted by Gasteiger charge is -2.27. The molecule has 0 saturated carbocycles. The molecule has 0 aromatic carbocycles. The van der Waals surface area contributed by atoms with E-state index in [0.717, 1.165) is 13.0 Å². The lowest BCUT2D eigenvalue weighted by molar-refractivity contribution is -1.08. The zero-order valence-corrected chi connectivity index (χ0v) is 17.3. The zero-order chi connectivity index (χ0) is 18.8. The molecule has 0 heterocycles. The Kier molecular flexibility index (Phi) is 17.2. The van der Waals surface area contributed by atoms with Crippen LogP contribution in [0.5, 0.6) is 0 Å². The van der Waals surface area contributed by atoms with E-state index in [2.05, 4.69) is 6.92 Å². The molecule has 0 aromatic heterocycles. The SMILES string of the molecule is CCCCCCCCCCCCCCCC[N+](C)(C)OCC(O)CO. The summed E-state index contributed by atoms with van der Waals surface area (Å²) in [6, 6.07) is 0. The fraction of sp³-hybridized carbons (Fsp3) is 1.00. The summed E-state index contributed by atoms with van der Waals surface area (Å²) in [7, 11) is 4.01. The highest BCUT2D eigenvalue weighted by molar-refractivity contribution is 4.49. The molecule has 1 atom stereocenters. The second-order valence-electron chi connectivity index (χ2n) is 8.03. The van der Waals surface area contributed by atoms with Gasteiger partial charge in [-0.1, -0.05) is 84.0 Å². The molecule has 0 amide bonds. The largest absolute Gasteiger partial charge is 0.394 e. The van der Waals surface area contributed by atoms with Crippen molar-refractivity contribution >= 4 is 0 Å². The van der Waals surface area contributed by atoms with Crippen molar-refractivity contribution in [2.45, 2.75) is 103 Å². The summed E-state index contributed by atoms with van der Waals surface area (Å²) in [5.74, 6) is 0. The van der Waals surface area contributed by atoms with Crippen molar-refractivity contribution in [3.05, 3.63) is 0 Å². The molecule has 0 rings (SSSR count). The number of rotatable bonds is 19. The molecule has 0 aliphatic heterocycles. The first kappa shape index (κ1) is 24.8. The maximum Gasteiger partial charge on any atom is 0.134 e. The van der Waals surface area contributed by atoms with Crippen LogP contribution < -0.4 is 0 Å². The van der Waals surface area contributed by atoms with Gasteiger partial charge in [-0.3, -0.25) is 0 Å². The van der Waals surface area contributed by atoms with Crippen LogP contribution in [0.2, 0.25) is 0 Å². The van der Waals surface area contributed by atoms with E-state index < -0.39 is 6.10 Å². The molecular formula is C21H46NO3+. The summed E-state index contributed by atoms with van der Waals surface area (Å²) in [5, 5.41) is 18.1. The van der Waals surface area contributed by atoms with Gasteiger partial charge in [0.25, 0.3) is 0 Å². The van der Waals surface area contributed by atoms with E-state index in [9.17, 15) is 5.11 Å². The van der Waals surface area contributed by atoms with Crippen LogP contribution in [0.1, 0.15) is 96.8 Å². The second kappa shape index (κ2) is 17.3. The molecule has 4 heteroatoms. The van der Waals surface area contributed by atoms with Crippen molar-refractivity contribution in [3.63, 3.8) is 0 Å². The maximum atomic E-state index is 9.33. The Morgan fingerprint density at radius 1 is 0.720 bits per heavy atom. The Morgan fingerprint density at radius 3 is 1.52 bits per heavy atom. The van der Waals surface area contributed by atoms with Crippen molar-refractivity contribution in [2.24, 2.45) is 0 Å². The minimum absolute atomic E-state index is 0.197. The third-order valence-electron chi connectivity index (χ3n) is 4.88. The molecule has 0 radical (unpaired) electrons. The van der Waals surface area contributed by atoms with Gasteiger partial charge in [-0.25, -0.2) is 4.84 Å². The number of aliphatic hydroxyl groups excluding tert-OH is 2. The van der Waals surface area contributed by atoms with Crippen molar-refractivity contribution in [2.75, 3.05) is 33.9 Å². The summed E-state index contributed by atoms with van der Waals surface area (Å²) < 4.78 is 0.454. The van der Waals surface area contributed by atoms with Crippen LogP contribution in [0, 0.1) is 0 Å². The van der Waals surface area contributed by atoms with E-state index >= 15 is 0 Å². The standard InChI is InChI=1S/C21H46NO3/c1-4-5-6-7-8-9-10-11-12-13-14-15-16-17-18-22(2,3)25-20-21(24)19-23/h21,23-24H,4-20H2,1-3H3/q+1. The van der Waals surface area contributed by atoms with E-state index in [0.29, 0.717) is 4.65 Å². The van der Waals surface area contributed by atoms with E-state index in [4.69, 9.17) is 9.94 Å². The fourth-order valence-corrected chi connectivity index (χ4v) is 3.09. The van der Waals surface area contributed by atoms with Gasteiger partial charge in [-0.05, 0) is 12.8 Å². The van der Waals surface area contributed by atoms with Crippen LogP contribution in [0.4, 0.5) is 0 Å². The zero-order valence-electron chi connectivity index (χ0n) is 17.3. The smallest absolute Gasteiger partial charge is 0.134 e. The Bertz CT molecular complexity index is 272. The fourth-order valence-electron chi connectivity index (χ4n) is 3.09. The van der Waals surface area contributed by atoms with Crippen LogP contribution in [0.3, 0.4) is 0 Å². The van der Waals surface area contributed by atoms with Crippen LogP contribution >= 0.6 is 0 Å². The van der Waals surface area contributed by atoms with Gasteiger partial charge in [0.2, 0.25) is 0 Å². The number of hydrogen-bond donors (Lipinski definition) is 2. The first-order valence-electron chi connectivity index (χ1n) is 10.8. The highest BCUT2D eigenvalue weighted by Crippen LogP contribution is 2.13. The van der Waals surface area contributed by atoms with Gasteiger partial charge < -0.3 is 10.2 Å². The second-order valence-corrected chi connectivity index (χ2v) is 8.03. The summed E-state index contributed by atoms with van der Waals surface area (Å²) in [6.07, 6.45) is 18.4. The lowest BCUT2D eigenvalue weighted by Crippen LogP contribution is -2.42. The van der Waals surface area contributed by atoms with Crippen molar-refractivity contribution in [1.82, 2.24) is 0 Å². The molecule has 0 spiro atoms. The van der Waals surface area contributed by atoms with Crippen molar-refractivity contribution in [3.8, 4) is 0 Å². The molecule has 0 aliphatic carbocycles. The van der Waals surface area contributed by atoms with Crippen LogP contribution in [0.25, 0.3) is 0 Å². The van der Waals surface area contributed by atoms with E-state index in [1.807, 2.05) is 14.1 Å². The molecule has 0 aromatic rings. The predicted molar refractivity (Wildman–Crippen MR) is 106 cm³/mol. The van der Waals surface area contributed by atoms with E-state index in [1.165, 1.54) is 83.5 Å². The minimum Gasteiger partial charge on any atom is -0.394 e. The van der Waals surface area contributed by atoms with Gasteiger partial charge in [0.05, 0.1) is 20.7 Å². The van der Waals surface area contributed by atoms with Crippen molar-refractivity contribution in [1.29, 1.82) is 0 Å². The van der Waals surface area contributed by atoms with Crippen LogP contribution in [-0.4, -0.2) is 54.8 Å². The first-order valence-corrected chi connectivity index (χ1v) is 10.8. The number of hydroxylamine groups is 3. The van der Waals surface area contributed by atoms with Gasteiger partial charge in [-0.2, -0.15) is 4.65 Å². The molecule has 0 fully saturated rings. The molecule has 4 nitrogen and oxygen atoms in total. The molecule has 152 valence electrons. The summed E-state index contributed by atoms with van der Waals surface area (Å²) in [4.78, 5) is 5.62. The Balaban J connectivity index is 3.27. The molecule has 0 saturated heterocycles. The van der Waals surface area contributed by atoms with E-state index in [-0.39, 0.29) is 13.2 Å². The molecule has 2 N–H and O–H groups in total. The Labute approximate surface area is 157 Å². The monoisotopic (exact) mass is 360 g/mol. The quantitative estimate of drug-likeness (QED) is 0.197. The van der Waals surface area contributed by atoms with Crippen molar-refractivity contribution < 1.29 is 19.7 Å². The molecule has 1 unspecified atom stereocenters. The average Bonchev–Trinajstić information content (AvgIpc) is 2.60. The van der Waals surface area contributed by atoms with Gasteiger partial charge in [-0.15, -0.1) is 0 Å². The molecule has 0 bridgehead atoms. The maximum absolute atomic E-state index is 9.33. The number of quaternary nitrogens is 1. The first-order chi connectivity index (χ1) is 12.0. The molecule has 0 aliphatic rings.